The Balaban J connectivity index is 2.08. The van der Waals surface area contributed by atoms with Gasteiger partial charge in [-0.3, -0.25) is 11.3 Å². The first kappa shape index (κ1) is 16.5. The first-order valence-electron chi connectivity index (χ1n) is 8.05. The number of rotatable bonds is 4. The quantitative estimate of drug-likeness (QED) is 0.660. The standard InChI is InChI=1S/C18H30N2O/c1-17(2,3)15-9-7-14(8-10-15)13-16(20-19)18(4)11-5-6-12-21-18/h7-10,16,20H,5-6,11-13,19H2,1-4H3. The number of nitrogens with two attached hydrogens (primary N) is 1. The molecule has 0 aliphatic carbocycles. The van der Waals surface area contributed by atoms with Gasteiger partial charge < -0.3 is 4.74 Å². The van der Waals surface area contributed by atoms with Gasteiger partial charge in [0.15, 0.2) is 0 Å². The van der Waals surface area contributed by atoms with E-state index in [9.17, 15) is 0 Å². The summed E-state index contributed by atoms with van der Waals surface area (Å²) in [6, 6.07) is 9.05. The largest absolute Gasteiger partial charge is 0.374 e. The number of nitrogens with one attached hydrogen (secondary N) is 1. The number of hydrogen-bond acceptors (Lipinski definition) is 3. The molecular weight excluding hydrogens is 260 g/mol. The van der Waals surface area contributed by atoms with Crippen molar-refractivity contribution in [2.24, 2.45) is 5.84 Å². The molecule has 0 amide bonds. The molecule has 2 rings (SSSR count). The van der Waals surface area contributed by atoms with E-state index in [1.807, 2.05) is 0 Å². The Morgan fingerprint density at radius 2 is 1.90 bits per heavy atom. The lowest BCUT2D eigenvalue weighted by atomic mass is 9.83. The lowest BCUT2D eigenvalue weighted by Gasteiger charge is -2.40. The van der Waals surface area contributed by atoms with Crippen molar-refractivity contribution in [2.75, 3.05) is 6.61 Å². The molecule has 1 fully saturated rings. The Morgan fingerprint density at radius 1 is 1.24 bits per heavy atom. The van der Waals surface area contributed by atoms with Crippen molar-refractivity contribution in [3.8, 4) is 0 Å². The highest BCUT2D eigenvalue weighted by atomic mass is 16.5. The van der Waals surface area contributed by atoms with Crippen molar-refractivity contribution in [2.45, 2.75) is 70.4 Å². The molecule has 0 bridgehead atoms. The summed E-state index contributed by atoms with van der Waals surface area (Å²) in [5.74, 6) is 5.81. The van der Waals surface area contributed by atoms with Crippen LogP contribution in [0.25, 0.3) is 0 Å². The van der Waals surface area contributed by atoms with Gasteiger partial charge in [0, 0.05) is 6.61 Å². The summed E-state index contributed by atoms with van der Waals surface area (Å²) in [6.07, 6.45) is 4.35. The van der Waals surface area contributed by atoms with Crippen molar-refractivity contribution in [1.82, 2.24) is 5.43 Å². The van der Waals surface area contributed by atoms with Crippen LogP contribution in [0, 0.1) is 0 Å². The van der Waals surface area contributed by atoms with Crippen molar-refractivity contribution >= 4 is 0 Å². The summed E-state index contributed by atoms with van der Waals surface area (Å²) in [5.41, 5.74) is 5.69. The van der Waals surface area contributed by atoms with Crippen molar-refractivity contribution < 1.29 is 4.74 Å². The van der Waals surface area contributed by atoms with Gasteiger partial charge >= 0.3 is 0 Å². The molecule has 1 saturated heterocycles. The van der Waals surface area contributed by atoms with E-state index >= 15 is 0 Å². The molecule has 21 heavy (non-hydrogen) atoms. The Kier molecular flexibility index (Phi) is 5.07. The molecule has 2 unspecified atom stereocenters. The molecule has 3 heteroatoms. The molecule has 118 valence electrons. The number of hydrogen-bond donors (Lipinski definition) is 2. The zero-order valence-corrected chi connectivity index (χ0v) is 13.9. The fraction of sp³-hybridized carbons (Fsp3) is 0.667. The maximum Gasteiger partial charge on any atom is 0.0823 e. The number of benzene rings is 1. The van der Waals surface area contributed by atoms with E-state index in [1.54, 1.807) is 0 Å². The summed E-state index contributed by atoms with van der Waals surface area (Å²) >= 11 is 0. The summed E-state index contributed by atoms with van der Waals surface area (Å²) in [6.45, 7) is 9.74. The average Bonchev–Trinajstić information content (AvgIpc) is 2.45. The van der Waals surface area contributed by atoms with Gasteiger partial charge in [-0.2, -0.15) is 0 Å². The Morgan fingerprint density at radius 3 is 2.38 bits per heavy atom. The van der Waals surface area contributed by atoms with E-state index < -0.39 is 0 Å². The van der Waals surface area contributed by atoms with Crippen LogP contribution < -0.4 is 11.3 Å². The van der Waals surface area contributed by atoms with Crippen LogP contribution in [0.5, 0.6) is 0 Å². The SMILES string of the molecule is CC(C)(C)c1ccc(CC(NN)C2(C)CCCCO2)cc1. The zero-order chi connectivity index (χ0) is 15.5. The van der Waals surface area contributed by atoms with E-state index in [-0.39, 0.29) is 17.1 Å². The molecule has 1 aromatic rings. The van der Waals surface area contributed by atoms with Gasteiger partial charge in [0.05, 0.1) is 11.6 Å². The monoisotopic (exact) mass is 290 g/mol. The van der Waals surface area contributed by atoms with Crippen LogP contribution in [-0.2, 0) is 16.6 Å². The molecule has 1 heterocycles. The van der Waals surface area contributed by atoms with Gasteiger partial charge in [-0.25, -0.2) is 0 Å². The van der Waals surface area contributed by atoms with Crippen molar-refractivity contribution in [1.29, 1.82) is 0 Å². The minimum atomic E-state index is -0.157. The van der Waals surface area contributed by atoms with E-state index in [0.717, 1.165) is 25.9 Å². The summed E-state index contributed by atoms with van der Waals surface area (Å²) in [4.78, 5) is 0. The van der Waals surface area contributed by atoms with Crippen LogP contribution in [0.2, 0.25) is 0 Å². The Bertz CT molecular complexity index is 441. The second kappa shape index (κ2) is 6.47. The molecule has 3 N–H and O–H groups in total. The highest BCUT2D eigenvalue weighted by Gasteiger charge is 2.36. The molecule has 1 aromatic carbocycles. The molecule has 1 aliphatic heterocycles. The Labute approximate surface area is 129 Å². The third-order valence-electron chi connectivity index (χ3n) is 4.70. The van der Waals surface area contributed by atoms with Gasteiger partial charge in [-0.05, 0) is 49.1 Å². The van der Waals surface area contributed by atoms with Crippen LogP contribution in [0.1, 0.15) is 58.1 Å². The maximum atomic E-state index is 6.03. The van der Waals surface area contributed by atoms with Crippen LogP contribution in [-0.4, -0.2) is 18.2 Å². The van der Waals surface area contributed by atoms with Crippen LogP contribution in [0.4, 0.5) is 0 Å². The highest BCUT2D eigenvalue weighted by molar-refractivity contribution is 5.28. The number of ether oxygens (including phenoxy) is 1. The van der Waals surface area contributed by atoms with Crippen LogP contribution in [0.15, 0.2) is 24.3 Å². The minimum Gasteiger partial charge on any atom is -0.374 e. The predicted molar refractivity (Wildman–Crippen MR) is 88.2 cm³/mol. The zero-order valence-electron chi connectivity index (χ0n) is 13.9. The van der Waals surface area contributed by atoms with E-state index in [4.69, 9.17) is 10.6 Å². The van der Waals surface area contributed by atoms with E-state index in [1.165, 1.54) is 17.5 Å². The number of hydrazine groups is 1. The lowest BCUT2D eigenvalue weighted by molar-refractivity contribution is -0.0884. The predicted octanol–water partition coefficient (Wildman–Crippen LogP) is 3.32. The lowest BCUT2D eigenvalue weighted by Crippen LogP contribution is -2.55. The molecular formula is C18H30N2O. The highest BCUT2D eigenvalue weighted by Crippen LogP contribution is 2.30. The van der Waals surface area contributed by atoms with Gasteiger partial charge in [0.25, 0.3) is 0 Å². The average molecular weight is 290 g/mol. The van der Waals surface area contributed by atoms with E-state index in [0.29, 0.717) is 0 Å². The molecule has 0 saturated carbocycles. The topological polar surface area (TPSA) is 47.3 Å². The molecule has 0 radical (unpaired) electrons. The van der Waals surface area contributed by atoms with Crippen LogP contribution in [0.3, 0.4) is 0 Å². The minimum absolute atomic E-state index is 0.151. The first-order valence-corrected chi connectivity index (χ1v) is 8.05. The van der Waals surface area contributed by atoms with Crippen molar-refractivity contribution in [3.05, 3.63) is 35.4 Å². The van der Waals surface area contributed by atoms with Crippen LogP contribution >= 0.6 is 0 Å². The van der Waals surface area contributed by atoms with Crippen molar-refractivity contribution in [3.63, 3.8) is 0 Å². The fourth-order valence-electron chi connectivity index (χ4n) is 3.06. The van der Waals surface area contributed by atoms with Gasteiger partial charge in [0.2, 0.25) is 0 Å². The third-order valence-corrected chi connectivity index (χ3v) is 4.70. The summed E-state index contributed by atoms with van der Waals surface area (Å²) in [7, 11) is 0. The molecule has 2 atom stereocenters. The van der Waals surface area contributed by atoms with E-state index in [2.05, 4.69) is 57.4 Å². The fourth-order valence-corrected chi connectivity index (χ4v) is 3.06. The first-order chi connectivity index (χ1) is 9.85. The maximum absolute atomic E-state index is 6.03. The Hall–Kier alpha value is -0.900. The van der Waals surface area contributed by atoms with Gasteiger partial charge in [-0.15, -0.1) is 0 Å². The smallest absolute Gasteiger partial charge is 0.0823 e. The second-order valence-electron chi connectivity index (χ2n) is 7.49. The molecule has 3 nitrogen and oxygen atoms in total. The molecule has 0 aromatic heterocycles. The summed E-state index contributed by atoms with van der Waals surface area (Å²) in [5, 5.41) is 0. The third kappa shape index (κ3) is 4.06. The molecule has 1 aliphatic rings. The summed E-state index contributed by atoms with van der Waals surface area (Å²) < 4.78 is 6.03. The van der Waals surface area contributed by atoms with Gasteiger partial charge in [-0.1, -0.05) is 45.0 Å². The van der Waals surface area contributed by atoms with Gasteiger partial charge in [0.1, 0.15) is 0 Å². The normalized spacial score (nSPS) is 24.8. The second-order valence-corrected chi connectivity index (χ2v) is 7.49. The molecule has 0 spiro atoms.